The Bertz CT molecular complexity index is 671. The molecule has 1 saturated heterocycles. The molecule has 23 heavy (non-hydrogen) atoms. The molecule has 0 bridgehead atoms. The Balaban J connectivity index is 2.32. The highest BCUT2D eigenvalue weighted by molar-refractivity contribution is 8.24. The van der Waals surface area contributed by atoms with Crippen molar-refractivity contribution in [2.75, 3.05) is 6.54 Å². The van der Waals surface area contributed by atoms with Gasteiger partial charge >= 0.3 is 0 Å². The molecule has 1 aliphatic rings. The third kappa shape index (κ3) is 3.70. The number of nitro groups is 1. The molecule has 6 nitrogen and oxygen atoms in total. The standard InChI is InChI=1S/C15H17N3O3S2/c1-4-9-16-13(15(2,3)23-14(16)22)17(19)10-11-5-7-12(8-6-11)18(20)21/h4-8,10,13H,1,9H2,2-3H3/b17-10-. The smallest absolute Gasteiger partial charge is 0.269 e. The van der Waals surface area contributed by atoms with E-state index in [0.29, 0.717) is 16.4 Å². The van der Waals surface area contributed by atoms with Gasteiger partial charge in [0.25, 0.3) is 11.9 Å². The van der Waals surface area contributed by atoms with Gasteiger partial charge in [0.1, 0.15) is 9.07 Å². The van der Waals surface area contributed by atoms with Crippen LogP contribution in [0.1, 0.15) is 19.4 Å². The SMILES string of the molecule is C=CCN1C(=S)SC(C)(C)C1/[N+]([O-])=C/c1ccc([N+](=O)[O-])cc1. The summed E-state index contributed by atoms with van der Waals surface area (Å²) in [4.78, 5) is 12.0. The van der Waals surface area contributed by atoms with Gasteiger partial charge in [-0.25, -0.2) is 0 Å². The second-order valence-electron chi connectivity index (χ2n) is 5.62. The third-order valence-electron chi connectivity index (χ3n) is 3.45. The maximum absolute atomic E-state index is 12.7. The molecule has 0 amide bonds. The quantitative estimate of drug-likeness (QED) is 0.154. The summed E-state index contributed by atoms with van der Waals surface area (Å²) in [6, 6.07) is 5.85. The van der Waals surface area contributed by atoms with Crippen LogP contribution in [0.5, 0.6) is 0 Å². The van der Waals surface area contributed by atoms with E-state index in [9.17, 15) is 15.3 Å². The average Bonchev–Trinajstić information content (AvgIpc) is 2.69. The minimum absolute atomic E-state index is 0.00851. The van der Waals surface area contributed by atoms with Crippen LogP contribution in [0.2, 0.25) is 0 Å². The molecule has 1 heterocycles. The summed E-state index contributed by atoms with van der Waals surface area (Å²) in [5.41, 5.74) is 0.591. The van der Waals surface area contributed by atoms with E-state index in [-0.39, 0.29) is 10.4 Å². The van der Waals surface area contributed by atoms with Gasteiger partial charge in [-0.2, -0.15) is 4.74 Å². The van der Waals surface area contributed by atoms with Crippen molar-refractivity contribution in [2.24, 2.45) is 0 Å². The highest BCUT2D eigenvalue weighted by Crippen LogP contribution is 2.41. The summed E-state index contributed by atoms with van der Waals surface area (Å²) in [6.45, 7) is 8.13. The number of hydrogen-bond donors (Lipinski definition) is 0. The fraction of sp³-hybridized carbons (Fsp3) is 0.333. The molecule has 1 aromatic carbocycles. The molecule has 0 saturated carbocycles. The van der Waals surface area contributed by atoms with Crippen LogP contribution in [0.4, 0.5) is 5.69 Å². The molecule has 1 fully saturated rings. The molecule has 1 unspecified atom stereocenters. The topological polar surface area (TPSA) is 72.5 Å². The van der Waals surface area contributed by atoms with Crippen LogP contribution in [0.3, 0.4) is 0 Å². The molecule has 122 valence electrons. The van der Waals surface area contributed by atoms with Gasteiger partial charge in [0.15, 0.2) is 6.21 Å². The molecule has 1 atom stereocenters. The number of rotatable bonds is 5. The molecule has 1 aliphatic heterocycles. The van der Waals surface area contributed by atoms with E-state index in [2.05, 4.69) is 6.58 Å². The van der Waals surface area contributed by atoms with Gasteiger partial charge < -0.3 is 5.21 Å². The highest BCUT2D eigenvalue weighted by Gasteiger charge is 2.49. The minimum atomic E-state index is -0.473. The predicted octanol–water partition coefficient (Wildman–Crippen LogP) is 3.15. The molecule has 0 spiro atoms. The van der Waals surface area contributed by atoms with Crippen LogP contribution >= 0.6 is 24.0 Å². The summed E-state index contributed by atoms with van der Waals surface area (Å²) in [5.74, 6) is 0. The van der Waals surface area contributed by atoms with Gasteiger partial charge in [-0.15, -0.1) is 6.58 Å². The van der Waals surface area contributed by atoms with Crippen LogP contribution in [-0.2, 0) is 0 Å². The lowest BCUT2D eigenvalue weighted by molar-refractivity contribution is -0.523. The Kier molecular flexibility index (Phi) is 5.06. The maximum Gasteiger partial charge on any atom is 0.269 e. The number of thiocarbonyl (C=S) groups is 1. The molecular formula is C15H17N3O3S2. The molecule has 0 N–H and O–H groups in total. The van der Waals surface area contributed by atoms with E-state index < -0.39 is 11.1 Å². The normalized spacial score (nSPS) is 20.6. The Morgan fingerprint density at radius 1 is 1.39 bits per heavy atom. The van der Waals surface area contributed by atoms with Gasteiger partial charge in [0, 0.05) is 24.2 Å². The number of hydrogen-bond acceptors (Lipinski definition) is 5. The zero-order chi connectivity index (χ0) is 17.2. The Hall–Kier alpha value is -1.93. The fourth-order valence-corrected chi connectivity index (χ4v) is 4.37. The van der Waals surface area contributed by atoms with Gasteiger partial charge in [-0.3, -0.25) is 15.0 Å². The Morgan fingerprint density at radius 2 is 2.00 bits per heavy atom. The summed E-state index contributed by atoms with van der Waals surface area (Å²) < 4.78 is 1.15. The molecule has 1 aromatic rings. The van der Waals surface area contributed by atoms with Crippen LogP contribution in [-0.4, -0.2) is 42.6 Å². The lowest BCUT2D eigenvalue weighted by Crippen LogP contribution is -2.47. The van der Waals surface area contributed by atoms with Gasteiger partial charge in [0.05, 0.1) is 4.92 Å². The van der Waals surface area contributed by atoms with Crippen molar-refractivity contribution in [3.63, 3.8) is 0 Å². The highest BCUT2D eigenvalue weighted by atomic mass is 32.2. The van der Waals surface area contributed by atoms with Crippen molar-refractivity contribution in [3.8, 4) is 0 Å². The van der Waals surface area contributed by atoms with Gasteiger partial charge in [-0.05, 0) is 26.0 Å². The fourth-order valence-electron chi connectivity index (χ4n) is 2.47. The number of nitro benzene ring substituents is 1. The van der Waals surface area contributed by atoms with E-state index >= 15 is 0 Å². The van der Waals surface area contributed by atoms with Crippen LogP contribution in [0.15, 0.2) is 36.9 Å². The van der Waals surface area contributed by atoms with Crippen molar-refractivity contribution in [2.45, 2.75) is 24.8 Å². The second-order valence-corrected chi connectivity index (χ2v) is 7.91. The zero-order valence-electron chi connectivity index (χ0n) is 12.8. The maximum atomic E-state index is 12.7. The van der Waals surface area contributed by atoms with E-state index in [1.807, 2.05) is 18.7 Å². The predicted molar refractivity (Wildman–Crippen MR) is 96.8 cm³/mol. The first-order valence-electron chi connectivity index (χ1n) is 6.91. The number of thioether (sulfide) groups is 1. The Morgan fingerprint density at radius 3 is 2.52 bits per heavy atom. The van der Waals surface area contributed by atoms with Crippen LogP contribution < -0.4 is 0 Å². The van der Waals surface area contributed by atoms with Crippen molar-refractivity contribution in [3.05, 3.63) is 57.8 Å². The van der Waals surface area contributed by atoms with Crippen LogP contribution in [0, 0.1) is 15.3 Å². The first kappa shape index (κ1) is 17.4. The zero-order valence-corrected chi connectivity index (χ0v) is 14.5. The lowest BCUT2D eigenvalue weighted by atomic mass is 10.1. The number of nitrogens with zero attached hydrogens (tertiary/aromatic N) is 3. The number of hydroxylamine groups is 1. The molecule has 0 radical (unpaired) electrons. The first-order chi connectivity index (χ1) is 10.8. The summed E-state index contributed by atoms with van der Waals surface area (Å²) in [7, 11) is 0. The van der Waals surface area contributed by atoms with Crippen molar-refractivity contribution < 1.29 is 9.66 Å². The number of non-ortho nitro benzene ring substituents is 1. The van der Waals surface area contributed by atoms with Crippen LogP contribution in [0.25, 0.3) is 0 Å². The summed E-state index contributed by atoms with van der Waals surface area (Å²) in [5, 5.41) is 23.3. The first-order valence-corrected chi connectivity index (χ1v) is 8.14. The molecule has 0 aromatic heterocycles. The van der Waals surface area contributed by atoms with E-state index in [1.165, 1.54) is 30.1 Å². The molecule has 0 aliphatic carbocycles. The van der Waals surface area contributed by atoms with E-state index in [1.54, 1.807) is 18.2 Å². The third-order valence-corrected chi connectivity index (χ3v) is 5.08. The van der Waals surface area contributed by atoms with Crippen molar-refractivity contribution in [1.29, 1.82) is 0 Å². The van der Waals surface area contributed by atoms with E-state index in [0.717, 1.165) is 4.74 Å². The van der Waals surface area contributed by atoms with Gasteiger partial charge in [0.2, 0.25) is 0 Å². The molecule has 2 rings (SSSR count). The summed E-state index contributed by atoms with van der Waals surface area (Å²) in [6.07, 6.45) is 2.68. The second kappa shape index (κ2) is 6.67. The van der Waals surface area contributed by atoms with Crippen molar-refractivity contribution in [1.82, 2.24) is 4.90 Å². The minimum Gasteiger partial charge on any atom is -0.622 e. The number of benzene rings is 1. The van der Waals surface area contributed by atoms with Gasteiger partial charge in [-0.1, -0.05) is 30.1 Å². The Labute approximate surface area is 144 Å². The molecular weight excluding hydrogens is 334 g/mol. The average molecular weight is 351 g/mol. The molecule has 8 heteroatoms. The monoisotopic (exact) mass is 351 g/mol. The lowest BCUT2D eigenvalue weighted by Gasteiger charge is -2.29. The van der Waals surface area contributed by atoms with E-state index in [4.69, 9.17) is 12.2 Å². The summed E-state index contributed by atoms with van der Waals surface area (Å²) >= 11 is 6.83. The van der Waals surface area contributed by atoms with Crippen molar-refractivity contribution >= 4 is 40.2 Å². The largest absolute Gasteiger partial charge is 0.622 e.